The van der Waals surface area contributed by atoms with E-state index in [1.807, 2.05) is 0 Å². The summed E-state index contributed by atoms with van der Waals surface area (Å²) >= 11 is 0. The van der Waals surface area contributed by atoms with Gasteiger partial charge in [-0.15, -0.1) is 0 Å². The van der Waals surface area contributed by atoms with Crippen molar-refractivity contribution in [3.05, 3.63) is 28.8 Å². The number of nitrogens with zero attached hydrogens (tertiary/aromatic N) is 2. The standard InChI is InChI=1S/C18H22F2N4O/c19-14-5-15(20)17(24-11-4-12(24)8-22-7-11)13-9-23(18(25)16(13)14)10-2-1-3-21-6-10/h5,10-12,21-22H,1-4,6-9H2. The summed E-state index contributed by atoms with van der Waals surface area (Å²) in [6, 6.07) is 1.43. The Morgan fingerprint density at radius 1 is 1.04 bits per heavy atom. The normalized spacial score (nSPS) is 31.1. The van der Waals surface area contributed by atoms with Crippen LogP contribution < -0.4 is 15.5 Å². The Hall–Kier alpha value is -1.73. The Balaban J connectivity index is 1.55. The van der Waals surface area contributed by atoms with Gasteiger partial charge in [0.1, 0.15) is 11.6 Å². The van der Waals surface area contributed by atoms with Gasteiger partial charge in [0, 0.05) is 55.9 Å². The minimum absolute atomic E-state index is 0.0570. The molecule has 1 aromatic rings. The number of hydrogen-bond donors (Lipinski definition) is 2. The van der Waals surface area contributed by atoms with Crippen molar-refractivity contribution in [3.8, 4) is 0 Å². The topological polar surface area (TPSA) is 47.6 Å². The molecule has 7 heteroatoms. The van der Waals surface area contributed by atoms with Crippen molar-refractivity contribution in [3.63, 3.8) is 0 Å². The maximum atomic E-state index is 14.7. The smallest absolute Gasteiger partial charge is 0.257 e. The highest BCUT2D eigenvalue weighted by molar-refractivity contribution is 6.00. The number of amides is 1. The monoisotopic (exact) mass is 348 g/mol. The first-order valence-electron chi connectivity index (χ1n) is 9.16. The molecular formula is C18H22F2N4O. The van der Waals surface area contributed by atoms with Crippen LogP contribution in [0.3, 0.4) is 0 Å². The maximum Gasteiger partial charge on any atom is 0.257 e. The molecule has 4 heterocycles. The summed E-state index contributed by atoms with van der Waals surface area (Å²) in [6.07, 6.45) is 2.93. The molecule has 4 aliphatic rings. The van der Waals surface area contributed by atoms with Crippen LogP contribution in [0.15, 0.2) is 6.07 Å². The molecule has 3 unspecified atom stereocenters. The predicted molar refractivity (Wildman–Crippen MR) is 89.7 cm³/mol. The molecule has 1 aromatic carbocycles. The van der Waals surface area contributed by atoms with Gasteiger partial charge >= 0.3 is 0 Å². The van der Waals surface area contributed by atoms with E-state index in [9.17, 15) is 13.6 Å². The van der Waals surface area contributed by atoms with Gasteiger partial charge in [0.05, 0.1) is 11.3 Å². The van der Waals surface area contributed by atoms with Gasteiger partial charge in [-0.05, 0) is 25.8 Å². The molecule has 134 valence electrons. The number of carbonyl (C=O) groups excluding carboxylic acids is 1. The number of anilines is 1. The second kappa shape index (κ2) is 5.64. The zero-order valence-corrected chi connectivity index (χ0v) is 14.0. The van der Waals surface area contributed by atoms with Gasteiger partial charge < -0.3 is 20.4 Å². The lowest BCUT2D eigenvalue weighted by molar-refractivity contribution is 0.0671. The van der Waals surface area contributed by atoms with Crippen LogP contribution >= 0.6 is 0 Å². The lowest BCUT2D eigenvalue weighted by Gasteiger charge is -2.55. The van der Waals surface area contributed by atoms with E-state index in [0.29, 0.717) is 17.8 Å². The van der Waals surface area contributed by atoms with Crippen LogP contribution in [0.25, 0.3) is 0 Å². The fourth-order valence-corrected chi connectivity index (χ4v) is 4.95. The number of piperidine rings is 2. The average molecular weight is 348 g/mol. The molecule has 0 radical (unpaired) electrons. The van der Waals surface area contributed by atoms with Gasteiger partial charge in [0.2, 0.25) is 0 Å². The van der Waals surface area contributed by atoms with Gasteiger partial charge in [-0.2, -0.15) is 0 Å². The molecule has 1 amide bonds. The Kier molecular flexibility index (Phi) is 3.50. The molecule has 3 saturated heterocycles. The third-order valence-corrected chi connectivity index (χ3v) is 6.17. The Morgan fingerprint density at radius 2 is 1.80 bits per heavy atom. The van der Waals surface area contributed by atoms with E-state index in [2.05, 4.69) is 15.5 Å². The van der Waals surface area contributed by atoms with Crippen molar-refractivity contribution in [1.82, 2.24) is 15.5 Å². The average Bonchev–Trinajstić information content (AvgIpc) is 2.97. The summed E-state index contributed by atoms with van der Waals surface area (Å²) in [6.45, 7) is 3.61. The minimum atomic E-state index is -0.726. The molecule has 0 spiro atoms. The van der Waals surface area contributed by atoms with Gasteiger partial charge in [0.25, 0.3) is 5.91 Å². The molecule has 5 nitrogen and oxygen atoms in total. The van der Waals surface area contributed by atoms with Crippen molar-refractivity contribution >= 4 is 11.6 Å². The van der Waals surface area contributed by atoms with E-state index in [-0.39, 0.29) is 29.6 Å². The largest absolute Gasteiger partial charge is 0.360 e. The number of carbonyl (C=O) groups is 1. The number of halogens is 2. The number of nitrogens with one attached hydrogen (secondary N) is 2. The Bertz CT molecular complexity index is 720. The SMILES string of the molecule is O=C1c2c(F)cc(F)c(N3C4CNCC3C4)c2CN1C1CCCNC1. The number of fused-ring (bicyclic) bond motifs is 3. The lowest BCUT2D eigenvalue weighted by Crippen LogP contribution is -2.68. The van der Waals surface area contributed by atoms with E-state index >= 15 is 0 Å². The summed E-state index contributed by atoms with van der Waals surface area (Å²) in [5.74, 6) is -1.55. The highest BCUT2D eigenvalue weighted by Crippen LogP contribution is 2.43. The van der Waals surface area contributed by atoms with Crippen LogP contribution in [0.1, 0.15) is 35.2 Å². The molecule has 0 aromatic heterocycles. The van der Waals surface area contributed by atoms with E-state index in [4.69, 9.17) is 0 Å². The van der Waals surface area contributed by atoms with E-state index in [1.54, 1.807) is 4.90 Å². The van der Waals surface area contributed by atoms with E-state index < -0.39 is 11.6 Å². The molecule has 3 atom stereocenters. The number of benzene rings is 1. The molecule has 3 fully saturated rings. The first-order valence-corrected chi connectivity index (χ1v) is 9.16. The van der Waals surface area contributed by atoms with Gasteiger partial charge in [-0.3, -0.25) is 4.79 Å². The summed E-state index contributed by atoms with van der Waals surface area (Å²) in [5.41, 5.74) is 1.09. The highest BCUT2D eigenvalue weighted by atomic mass is 19.1. The first-order chi connectivity index (χ1) is 12.1. The number of piperazine rings is 1. The van der Waals surface area contributed by atoms with E-state index in [1.165, 1.54) is 0 Å². The van der Waals surface area contributed by atoms with Crippen LogP contribution in [0.5, 0.6) is 0 Å². The van der Waals surface area contributed by atoms with Crippen molar-refractivity contribution in [2.45, 2.75) is 43.9 Å². The lowest BCUT2D eigenvalue weighted by atomic mass is 9.86. The summed E-state index contributed by atoms with van der Waals surface area (Å²) in [4.78, 5) is 16.7. The molecule has 0 aliphatic carbocycles. The van der Waals surface area contributed by atoms with Crippen molar-refractivity contribution in [2.24, 2.45) is 0 Å². The second-order valence-corrected chi connectivity index (χ2v) is 7.58. The number of rotatable bonds is 2. The minimum Gasteiger partial charge on any atom is -0.360 e. The Labute approximate surface area is 145 Å². The van der Waals surface area contributed by atoms with Crippen LogP contribution in [0.2, 0.25) is 0 Å². The van der Waals surface area contributed by atoms with Gasteiger partial charge in [-0.1, -0.05) is 0 Å². The highest BCUT2D eigenvalue weighted by Gasteiger charge is 2.46. The zero-order valence-electron chi connectivity index (χ0n) is 14.0. The van der Waals surface area contributed by atoms with Crippen LogP contribution in [-0.4, -0.2) is 55.1 Å². The Morgan fingerprint density at radius 3 is 2.48 bits per heavy atom. The molecular weight excluding hydrogens is 326 g/mol. The van der Waals surface area contributed by atoms with Crippen molar-refractivity contribution in [1.29, 1.82) is 0 Å². The van der Waals surface area contributed by atoms with Crippen LogP contribution in [-0.2, 0) is 6.54 Å². The fourth-order valence-electron chi connectivity index (χ4n) is 4.95. The first kappa shape index (κ1) is 15.5. The van der Waals surface area contributed by atoms with Gasteiger partial charge in [0.15, 0.2) is 0 Å². The second-order valence-electron chi connectivity index (χ2n) is 7.58. The summed E-state index contributed by atoms with van der Waals surface area (Å²) < 4.78 is 29.2. The molecule has 2 N–H and O–H groups in total. The van der Waals surface area contributed by atoms with Crippen LogP contribution in [0, 0.1) is 11.6 Å². The summed E-state index contributed by atoms with van der Waals surface area (Å²) in [7, 11) is 0. The third-order valence-electron chi connectivity index (χ3n) is 6.17. The molecule has 5 rings (SSSR count). The fraction of sp³-hybridized carbons (Fsp3) is 0.611. The van der Waals surface area contributed by atoms with Crippen molar-refractivity contribution < 1.29 is 13.6 Å². The molecule has 25 heavy (non-hydrogen) atoms. The van der Waals surface area contributed by atoms with Crippen molar-refractivity contribution in [2.75, 3.05) is 31.1 Å². The maximum absolute atomic E-state index is 14.7. The van der Waals surface area contributed by atoms with E-state index in [0.717, 1.165) is 51.5 Å². The number of hydrogen-bond acceptors (Lipinski definition) is 4. The predicted octanol–water partition coefficient (Wildman–Crippen LogP) is 1.22. The molecule has 2 bridgehead atoms. The van der Waals surface area contributed by atoms with Crippen LogP contribution in [0.4, 0.5) is 14.5 Å². The quantitative estimate of drug-likeness (QED) is 0.844. The third kappa shape index (κ3) is 2.22. The summed E-state index contributed by atoms with van der Waals surface area (Å²) in [5, 5.41) is 6.62. The molecule has 4 aliphatic heterocycles. The van der Waals surface area contributed by atoms with Gasteiger partial charge in [-0.25, -0.2) is 8.78 Å². The molecule has 0 saturated carbocycles. The zero-order chi connectivity index (χ0) is 17.1.